The zero-order valence-electron chi connectivity index (χ0n) is 8.04. The minimum absolute atomic E-state index is 0.153. The Morgan fingerprint density at radius 3 is 2.60 bits per heavy atom. The van der Waals surface area contributed by atoms with Gasteiger partial charge in [-0.1, -0.05) is 0 Å². The molecule has 0 bridgehead atoms. The Hall–Kier alpha value is -1.54. The van der Waals surface area contributed by atoms with Crippen molar-refractivity contribution in [3.63, 3.8) is 0 Å². The topological polar surface area (TPSA) is 97.5 Å². The van der Waals surface area contributed by atoms with Gasteiger partial charge in [0.1, 0.15) is 0 Å². The highest BCUT2D eigenvalue weighted by atomic mass is 32.2. The molecular formula is C7H8N4O3S. The van der Waals surface area contributed by atoms with Crippen LogP contribution in [0.3, 0.4) is 0 Å². The molecule has 0 aliphatic carbocycles. The zero-order chi connectivity index (χ0) is 11.2. The second-order valence-electron chi connectivity index (χ2n) is 3.12. The van der Waals surface area contributed by atoms with Gasteiger partial charge in [0, 0.05) is 11.4 Å². The molecule has 0 radical (unpaired) electrons. The third-order valence-electron chi connectivity index (χ3n) is 1.83. The van der Waals surface area contributed by atoms with Gasteiger partial charge < -0.3 is 0 Å². The summed E-state index contributed by atoms with van der Waals surface area (Å²) in [5.41, 5.74) is 1.40. The fraction of sp³-hybridized carbons (Fsp3) is 0.286. The van der Waals surface area contributed by atoms with Gasteiger partial charge in [-0.2, -0.15) is 13.4 Å². The van der Waals surface area contributed by atoms with E-state index in [-0.39, 0.29) is 5.78 Å². The van der Waals surface area contributed by atoms with Crippen LogP contribution in [0.2, 0.25) is 0 Å². The maximum atomic E-state index is 10.8. The molecule has 2 heterocycles. The molecule has 0 amide bonds. The van der Waals surface area contributed by atoms with E-state index in [9.17, 15) is 8.42 Å². The highest BCUT2D eigenvalue weighted by molar-refractivity contribution is 7.85. The third kappa shape index (κ3) is 1.68. The van der Waals surface area contributed by atoms with Crippen molar-refractivity contribution >= 4 is 15.9 Å². The number of nitrogens with zero attached hydrogens (tertiary/aromatic N) is 4. The Kier molecular flexibility index (Phi) is 1.98. The van der Waals surface area contributed by atoms with Gasteiger partial charge in [-0.3, -0.25) is 4.55 Å². The lowest BCUT2D eigenvalue weighted by Gasteiger charge is -1.97. The second kappa shape index (κ2) is 2.97. The van der Waals surface area contributed by atoms with Crippen molar-refractivity contribution in [2.24, 2.45) is 0 Å². The summed E-state index contributed by atoms with van der Waals surface area (Å²) in [6.45, 7) is 3.50. The molecular weight excluding hydrogens is 220 g/mol. The van der Waals surface area contributed by atoms with E-state index in [0.29, 0.717) is 11.4 Å². The molecule has 0 saturated heterocycles. The van der Waals surface area contributed by atoms with Gasteiger partial charge in [-0.25, -0.2) is 9.50 Å². The van der Waals surface area contributed by atoms with Gasteiger partial charge in [0.05, 0.1) is 0 Å². The molecule has 0 unspecified atom stereocenters. The highest BCUT2D eigenvalue weighted by Crippen LogP contribution is 2.08. The number of rotatable bonds is 1. The number of hydrogen-bond donors (Lipinski definition) is 1. The van der Waals surface area contributed by atoms with Crippen LogP contribution < -0.4 is 0 Å². The summed E-state index contributed by atoms with van der Waals surface area (Å²) in [6.07, 6.45) is 0. The predicted molar refractivity (Wildman–Crippen MR) is 50.1 cm³/mol. The van der Waals surface area contributed by atoms with Gasteiger partial charge in [-0.15, -0.1) is 5.10 Å². The SMILES string of the molecule is Cc1cc(C)n2nc(S(=O)(=O)O)nc2n1. The van der Waals surface area contributed by atoms with Crippen LogP contribution >= 0.6 is 0 Å². The molecule has 2 rings (SSSR count). The number of hydrogen-bond acceptors (Lipinski definition) is 5. The van der Waals surface area contributed by atoms with Gasteiger partial charge in [0.15, 0.2) is 0 Å². The predicted octanol–water partition coefficient (Wildman–Crippen LogP) is -0.0122. The van der Waals surface area contributed by atoms with E-state index in [1.54, 1.807) is 19.9 Å². The van der Waals surface area contributed by atoms with Crippen molar-refractivity contribution < 1.29 is 13.0 Å². The fourth-order valence-electron chi connectivity index (χ4n) is 1.26. The standard InChI is InChI=1S/C7H8N4O3S/c1-4-3-5(2)11-6(8-4)9-7(10-11)15(12,13)14/h3H,1-2H3,(H,12,13,14). The molecule has 15 heavy (non-hydrogen) atoms. The lowest BCUT2D eigenvalue weighted by Crippen LogP contribution is -2.01. The average Bonchev–Trinajstić information content (AvgIpc) is 2.46. The van der Waals surface area contributed by atoms with Crippen molar-refractivity contribution in [2.45, 2.75) is 19.0 Å². The molecule has 0 atom stereocenters. The van der Waals surface area contributed by atoms with Crippen molar-refractivity contribution in [3.8, 4) is 0 Å². The van der Waals surface area contributed by atoms with E-state index < -0.39 is 15.3 Å². The first kappa shape index (κ1) is 9.99. The fourth-order valence-corrected chi connectivity index (χ4v) is 1.64. The summed E-state index contributed by atoms with van der Waals surface area (Å²) in [5.74, 6) is 0.153. The molecule has 0 spiro atoms. The van der Waals surface area contributed by atoms with Crippen molar-refractivity contribution in [1.82, 2.24) is 19.6 Å². The first-order valence-corrected chi connectivity index (χ1v) is 5.50. The highest BCUT2D eigenvalue weighted by Gasteiger charge is 2.18. The molecule has 7 nitrogen and oxygen atoms in total. The molecule has 0 aliphatic heterocycles. The molecule has 2 aromatic heterocycles. The van der Waals surface area contributed by atoms with Crippen molar-refractivity contribution in [2.75, 3.05) is 0 Å². The maximum Gasteiger partial charge on any atom is 0.332 e. The molecule has 0 saturated carbocycles. The smallest absolute Gasteiger partial charge is 0.279 e. The first-order chi connectivity index (χ1) is 6.88. The lowest BCUT2D eigenvalue weighted by atomic mass is 10.4. The molecule has 0 fully saturated rings. The molecule has 2 aromatic rings. The van der Waals surface area contributed by atoms with E-state index in [4.69, 9.17) is 4.55 Å². The summed E-state index contributed by atoms with van der Waals surface area (Å²) in [5, 5.41) is 2.99. The molecule has 0 aliphatic rings. The van der Waals surface area contributed by atoms with Gasteiger partial charge >= 0.3 is 10.1 Å². The molecule has 0 aromatic carbocycles. The van der Waals surface area contributed by atoms with Crippen LogP contribution in [0.15, 0.2) is 11.2 Å². The normalized spacial score (nSPS) is 12.2. The number of aromatic nitrogens is 4. The minimum atomic E-state index is -4.38. The largest absolute Gasteiger partial charge is 0.332 e. The van der Waals surface area contributed by atoms with Gasteiger partial charge in [-0.05, 0) is 19.9 Å². The van der Waals surface area contributed by atoms with E-state index in [0.717, 1.165) is 0 Å². The number of aryl methyl sites for hydroxylation is 2. The van der Waals surface area contributed by atoms with Gasteiger partial charge in [0.25, 0.3) is 10.9 Å². The second-order valence-corrected chi connectivity index (χ2v) is 4.44. The average molecular weight is 228 g/mol. The minimum Gasteiger partial charge on any atom is -0.279 e. The zero-order valence-corrected chi connectivity index (χ0v) is 8.85. The number of fused-ring (bicyclic) bond motifs is 1. The summed E-state index contributed by atoms with van der Waals surface area (Å²) in [7, 11) is -4.38. The van der Waals surface area contributed by atoms with E-state index in [1.807, 2.05) is 0 Å². The molecule has 8 heteroatoms. The van der Waals surface area contributed by atoms with E-state index in [1.165, 1.54) is 4.52 Å². The summed E-state index contributed by atoms with van der Waals surface area (Å²) in [4.78, 5) is 7.59. The lowest BCUT2D eigenvalue weighted by molar-refractivity contribution is 0.474. The first-order valence-electron chi connectivity index (χ1n) is 4.06. The van der Waals surface area contributed by atoms with Crippen LogP contribution in [0.1, 0.15) is 11.4 Å². The molecule has 80 valence electrons. The Bertz CT molecular complexity index is 631. The van der Waals surface area contributed by atoms with Crippen molar-refractivity contribution in [1.29, 1.82) is 0 Å². The van der Waals surface area contributed by atoms with Crippen LogP contribution in [0.4, 0.5) is 0 Å². The monoisotopic (exact) mass is 228 g/mol. The summed E-state index contributed by atoms with van der Waals surface area (Å²) < 4.78 is 31.6. The Morgan fingerprint density at radius 2 is 2.00 bits per heavy atom. The van der Waals surface area contributed by atoms with Crippen LogP contribution in [0, 0.1) is 13.8 Å². The maximum absolute atomic E-state index is 10.8. The Balaban J connectivity index is 2.82. The van der Waals surface area contributed by atoms with Crippen molar-refractivity contribution in [3.05, 3.63) is 17.5 Å². The quantitative estimate of drug-likeness (QED) is 0.689. The van der Waals surface area contributed by atoms with Crippen LogP contribution in [0.5, 0.6) is 0 Å². The Morgan fingerprint density at radius 1 is 1.33 bits per heavy atom. The summed E-state index contributed by atoms with van der Waals surface area (Å²) >= 11 is 0. The van der Waals surface area contributed by atoms with Gasteiger partial charge in [0.2, 0.25) is 0 Å². The Labute approximate surface area is 85.5 Å². The van der Waals surface area contributed by atoms with E-state index >= 15 is 0 Å². The third-order valence-corrected chi connectivity index (χ3v) is 2.46. The van der Waals surface area contributed by atoms with Crippen LogP contribution in [-0.4, -0.2) is 32.6 Å². The summed E-state index contributed by atoms with van der Waals surface area (Å²) in [6, 6.07) is 1.73. The van der Waals surface area contributed by atoms with Crippen LogP contribution in [-0.2, 0) is 10.1 Å². The van der Waals surface area contributed by atoms with Crippen LogP contribution in [0.25, 0.3) is 5.78 Å². The molecule has 1 N–H and O–H groups in total. The van der Waals surface area contributed by atoms with E-state index in [2.05, 4.69) is 15.1 Å².